The summed E-state index contributed by atoms with van der Waals surface area (Å²) < 4.78 is 7.68. The molecule has 4 rings (SSSR count). The van der Waals surface area contributed by atoms with E-state index < -0.39 is 0 Å². The molecule has 0 amide bonds. The molecule has 1 aromatic carbocycles. The summed E-state index contributed by atoms with van der Waals surface area (Å²) in [5.41, 5.74) is 6.25. The highest BCUT2D eigenvalue weighted by molar-refractivity contribution is 5.85. The molecule has 1 aliphatic rings. The van der Waals surface area contributed by atoms with Crippen LogP contribution >= 0.6 is 0 Å². The summed E-state index contributed by atoms with van der Waals surface area (Å²) in [6.45, 7) is 4.83. The Kier molecular flexibility index (Phi) is 3.46. The van der Waals surface area contributed by atoms with Gasteiger partial charge in [0, 0.05) is 24.9 Å². The van der Waals surface area contributed by atoms with Gasteiger partial charge < -0.3 is 15.2 Å². The molecule has 1 aliphatic heterocycles. The minimum absolute atomic E-state index is 0.133. The number of ether oxygens (including phenoxy) is 1. The van der Waals surface area contributed by atoms with Gasteiger partial charge in [0.05, 0.1) is 28.7 Å². The summed E-state index contributed by atoms with van der Waals surface area (Å²) in [7, 11) is 1.69. The first-order valence-corrected chi connectivity index (χ1v) is 8.20. The second-order valence-electron chi connectivity index (χ2n) is 6.23. The lowest BCUT2D eigenvalue weighted by atomic mass is 9.97. The van der Waals surface area contributed by atoms with E-state index in [9.17, 15) is 5.11 Å². The highest BCUT2D eigenvalue weighted by Gasteiger charge is 2.30. The maximum Gasteiger partial charge on any atom is 0.161 e. The molecular formula is C19H21N3O2. The number of imidazole rings is 1. The van der Waals surface area contributed by atoms with Gasteiger partial charge in [-0.25, -0.2) is 4.98 Å². The Morgan fingerprint density at radius 1 is 1.25 bits per heavy atom. The van der Waals surface area contributed by atoms with Gasteiger partial charge in [0.1, 0.15) is 5.75 Å². The SMILES string of the molecule is CO[C@H]1CCNc2c1c(O)c(-c1ccccc1)n1c(C)c(C)nc21. The Bertz CT molecular complexity index is 916. The zero-order chi connectivity index (χ0) is 16.8. The summed E-state index contributed by atoms with van der Waals surface area (Å²) in [6, 6.07) is 9.94. The largest absolute Gasteiger partial charge is 0.505 e. The number of aryl methyl sites for hydroxylation is 2. The molecule has 2 N–H and O–H groups in total. The van der Waals surface area contributed by atoms with Crippen molar-refractivity contribution in [3.8, 4) is 17.0 Å². The van der Waals surface area contributed by atoms with E-state index in [2.05, 4.69) is 5.32 Å². The Balaban J connectivity index is 2.17. The van der Waals surface area contributed by atoms with Crippen molar-refractivity contribution >= 4 is 11.3 Å². The lowest BCUT2D eigenvalue weighted by Gasteiger charge is -2.28. The fourth-order valence-corrected chi connectivity index (χ4v) is 3.58. The zero-order valence-corrected chi connectivity index (χ0v) is 14.1. The first-order valence-electron chi connectivity index (χ1n) is 8.20. The molecule has 0 spiro atoms. The van der Waals surface area contributed by atoms with Crippen molar-refractivity contribution in [1.82, 2.24) is 9.38 Å². The second kappa shape index (κ2) is 5.53. The van der Waals surface area contributed by atoms with E-state index in [0.717, 1.165) is 52.5 Å². The smallest absolute Gasteiger partial charge is 0.161 e. The van der Waals surface area contributed by atoms with E-state index in [4.69, 9.17) is 9.72 Å². The number of rotatable bonds is 2. The van der Waals surface area contributed by atoms with Crippen LogP contribution in [0.2, 0.25) is 0 Å². The number of pyridine rings is 1. The van der Waals surface area contributed by atoms with Crippen molar-refractivity contribution in [2.24, 2.45) is 0 Å². The average molecular weight is 323 g/mol. The number of methoxy groups -OCH3 is 1. The van der Waals surface area contributed by atoms with Crippen LogP contribution < -0.4 is 5.32 Å². The molecule has 0 aliphatic carbocycles. The molecule has 0 fully saturated rings. The lowest BCUT2D eigenvalue weighted by molar-refractivity contribution is 0.0942. The molecule has 0 saturated heterocycles. The Hall–Kier alpha value is -2.53. The second-order valence-corrected chi connectivity index (χ2v) is 6.23. The van der Waals surface area contributed by atoms with Gasteiger partial charge in [-0.3, -0.25) is 4.40 Å². The summed E-state index contributed by atoms with van der Waals surface area (Å²) >= 11 is 0. The molecule has 3 aromatic rings. The number of nitrogens with zero attached hydrogens (tertiary/aromatic N) is 2. The minimum Gasteiger partial charge on any atom is -0.505 e. The Morgan fingerprint density at radius 3 is 2.71 bits per heavy atom. The van der Waals surface area contributed by atoms with Crippen molar-refractivity contribution in [1.29, 1.82) is 0 Å². The van der Waals surface area contributed by atoms with Crippen LogP contribution in [-0.2, 0) is 4.74 Å². The first-order chi connectivity index (χ1) is 11.6. The van der Waals surface area contributed by atoms with Gasteiger partial charge in [-0.05, 0) is 20.3 Å². The minimum atomic E-state index is -0.133. The number of hydrogen-bond donors (Lipinski definition) is 2. The number of benzene rings is 1. The van der Waals surface area contributed by atoms with Gasteiger partial charge >= 0.3 is 0 Å². The molecule has 24 heavy (non-hydrogen) atoms. The topological polar surface area (TPSA) is 58.8 Å². The van der Waals surface area contributed by atoms with Gasteiger partial charge in [-0.1, -0.05) is 30.3 Å². The van der Waals surface area contributed by atoms with Crippen molar-refractivity contribution < 1.29 is 9.84 Å². The van der Waals surface area contributed by atoms with Gasteiger partial charge in [0.25, 0.3) is 0 Å². The van der Waals surface area contributed by atoms with E-state index in [0.29, 0.717) is 0 Å². The monoisotopic (exact) mass is 323 g/mol. The molecule has 5 nitrogen and oxygen atoms in total. The van der Waals surface area contributed by atoms with E-state index in [-0.39, 0.29) is 11.9 Å². The van der Waals surface area contributed by atoms with E-state index in [1.54, 1.807) is 7.11 Å². The maximum atomic E-state index is 11.2. The van der Waals surface area contributed by atoms with Crippen LogP contribution in [0.5, 0.6) is 5.75 Å². The molecule has 3 heterocycles. The standard InChI is InChI=1S/C19H21N3O2/c1-11-12(2)22-17(13-7-5-4-6-8-13)18(23)15-14(24-3)9-10-20-16(15)19(22)21-11/h4-8,14,20,23H,9-10H2,1-3H3/t14-/m0/s1. The Labute approximate surface area is 140 Å². The molecular weight excluding hydrogens is 302 g/mol. The van der Waals surface area contributed by atoms with Crippen LogP contribution in [-0.4, -0.2) is 28.1 Å². The number of fused-ring (bicyclic) bond motifs is 3. The van der Waals surface area contributed by atoms with Crippen LogP contribution in [0.3, 0.4) is 0 Å². The maximum absolute atomic E-state index is 11.2. The predicted octanol–water partition coefficient (Wildman–Crippen LogP) is 3.83. The number of hydrogen-bond acceptors (Lipinski definition) is 4. The van der Waals surface area contributed by atoms with Gasteiger partial charge in [0.15, 0.2) is 5.65 Å². The van der Waals surface area contributed by atoms with Crippen molar-refractivity contribution in [2.75, 3.05) is 19.0 Å². The third-order valence-electron chi connectivity index (χ3n) is 4.90. The van der Waals surface area contributed by atoms with Crippen LogP contribution in [0.25, 0.3) is 16.9 Å². The highest BCUT2D eigenvalue weighted by atomic mass is 16.5. The van der Waals surface area contributed by atoms with Crippen LogP contribution in [0.15, 0.2) is 30.3 Å². The molecule has 5 heteroatoms. The molecule has 124 valence electrons. The molecule has 0 bridgehead atoms. The van der Waals surface area contributed by atoms with E-state index in [1.165, 1.54) is 0 Å². The van der Waals surface area contributed by atoms with Gasteiger partial charge in [-0.15, -0.1) is 0 Å². The van der Waals surface area contributed by atoms with Crippen LogP contribution in [0.4, 0.5) is 5.69 Å². The summed E-state index contributed by atoms with van der Waals surface area (Å²) in [5, 5.41) is 14.6. The summed E-state index contributed by atoms with van der Waals surface area (Å²) in [6.07, 6.45) is 0.686. The lowest BCUT2D eigenvalue weighted by Crippen LogP contribution is -2.20. The van der Waals surface area contributed by atoms with Crippen molar-refractivity contribution in [3.63, 3.8) is 0 Å². The van der Waals surface area contributed by atoms with Crippen molar-refractivity contribution in [3.05, 3.63) is 47.3 Å². The van der Waals surface area contributed by atoms with E-state index in [1.807, 2.05) is 48.6 Å². The fraction of sp³-hybridized carbons (Fsp3) is 0.316. The molecule has 0 radical (unpaired) electrons. The number of aromatic nitrogens is 2. The zero-order valence-electron chi connectivity index (χ0n) is 14.1. The summed E-state index contributed by atoms with van der Waals surface area (Å²) in [4.78, 5) is 4.76. The van der Waals surface area contributed by atoms with Crippen LogP contribution in [0, 0.1) is 13.8 Å². The number of anilines is 1. The van der Waals surface area contributed by atoms with Crippen LogP contribution in [0.1, 0.15) is 29.5 Å². The predicted molar refractivity (Wildman–Crippen MR) is 94.6 cm³/mol. The van der Waals surface area contributed by atoms with Gasteiger partial charge in [0.2, 0.25) is 0 Å². The Morgan fingerprint density at radius 2 is 2.00 bits per heavy atom. The molecule has 0 saturated carbocycles. The molecule has 0 unspecified atom stereocenters. The van der Waals surface area contributed by atoms with Gasteiger partial charge in [-0.2, -0.15) is 0 Å². The number of aromatic hydroxyl groups is 1. The number of nitrogens with one attached hydrogen (secondary N) is 1. The van der Waals surface area contributed by atoms with E-state index >= 15 is 0 Å². The fourth-order valence-electron chi connectivity index (χ4n) is 3.58. The molecule has 1 atom stereocenters. The normalized spacial score (nSPS) is 16.9. The average Bonchev–Trinajstić information content (AvgIpc) is 2.91. The summed E-state index contributed by atoms with van der Waals surface area (Å²) in [5.74, 6) is 0.267. The third kappa shape index (κ3) is 2.01. The third-order valence-corrected chi connectivity index (χ3v) is 4.90. The van der Waals surface area contributed by atoms with Crippen molar-refractivity contribution in [2.45, 2.75) is 26.4 Å². The highest BCUT2D eigenvalue weighted by Crippen LogP contribution is 2.46. The molecule has 2 aromatic heterocycles. The quantitative estimate of drug-likeness (QED) is 0.752. The first kappa shape index (κ1) is 15.0.